The van der Waals surface area contributed by atoms with Gasteiger partial charge in [0.15, 0.2) is 6.04 Å². The van der Waals surface area contributed by atoms with Crippen LogP contribution in [0.15, 0.2) is 0 Å². The highest BCUT2D eigenvalue weighted by Gasteiger charge is 2.33. The number of amides is 2. The van der Waals surface area contributed by atoms with E-state index < -0.39 is 12.0 Å². The molecule has 7 nitrogen and oxygen atoms in total. The zero-order chi connectivity index (χ0) is 18.4. The summed E-state index contributed by atoms with van der Waals surface area (Å²) in [6.45, 7) is 8.72. The van der Waals surface area contributed by atoms with Crippen molar-refractivity contribution in [2.75, 3.05) is 13.1 Å². The molecule has 1 saturated heterocycles. The van der Waals surface area contributed by atoms with Gasteiger partial charge in [-0.2, -0.15) is 0 Å². The quantitative estimate of drug-likeness (QED) is 0.442. The van der Waals surface area contributed by atoms with E-state index in [1.54, 1.807) is 18.7 Å². The highest BCUT2D eigenvalue weighted by Crippen LogP contribution is 2.19. The molecule has 0 aromatic heterocycles. The van der Waals surface area contributed by atoms with Gasteiger partial charge in [-0.25, -0.2) is 4.79 Å². The van der Waals surface area contributed by atoms with E-state index in [4.69, 9.17) is 5.11 Å². The number of quaternary nitrogens is 1. The molecule has 146 valence electrons. The van der Waals surface area contributed by atoms with Crippen molar-refractivity contribution >= 4 is 17.8 Å². The Morgan fingerprint density at radius 1 is 1.16 bits per heavy atom. The third-order valence-electron chi connectivity index (χ3n) is 4.51. The number of rotatable bonds is 7. The fraction of sp³-hybridized carbons (Fsp3) is 0.824. The number of likely N-dealkylation sites (tertiary alicyclic amines) is 1. The van der Waals surface area contributed by atoms with Crippen molar-refractivity contribution in [3.05, 3.63) is 0 Å². The molecule has 0 bridgehead atoms. The maximum atomic E-state index is 12.4. The van der Waals surface area contributed by atoms with E-state index in [9.17, 15) is 14.4 Å². The number of hydrogen-bond donors (Lipinski definition) is 3. The predicted octanol–water partition coefficient (Wildman–Crippen LogP) is -2.89. The Morgan fingerprint density at radius 3 is 2.08 bits per heavy atom. The minimum Gasteiger partial charge on any atom is -1.00 e. The molecule has 25 heavy (non-hydrogen) atoms. The summed E-state index contributed by atoms with van der Waals surface area (Å²) < 4.78 is 0. The summed E-state index contributed by atoms with van der Waals surface area (Å²) in [7, 11) is 0. The number of carbonyl (C=O) groups is 3. The number of hydrogen-bond acceptors (Lipinski definition) is 3. The Balaban J connectivity index is 0.00000576. The van der Waals surface area contributed by atoms with Gasteiger partial charge in [-0.1, -0.05) is 27.7 Å². The minimum atomic E-state index is -1.01. The van der Waals surface area contributed by atoms with Crippen LogP contribution in [-0.4, -0.2) is 53.0 Å². The smallest absolute Gasteiger partial charge is 0.326 e. The summed E-state index contributed by atoms with van der Waals surface area (Å²) in [4.78, 5) is 37.6. The molecule has 0 aliphatic carbocycles. The Kier molecular flexibility index (Phi) is 10.0. The first kappa shape index (κ1) is 23.7. The summed E-state index contributed by atoms with van der Waals surface area (Å²) in [6, 6.07) is -1.11. The van der Waals surface area contributed by atoms with Gasteiger partial charge in [-0.3, -0.25) is 9.59 Å². The van der Waals surface area contributed by atoms with Crippen molar-refractivity contribution in [2.24, 2.45) is 17.8 Å². The van der Waals surface area contributed by atoms with E-state index >= 15 is 0 Å². The molecule has 1 heterocycles. The third-order valence-corrected chi connectivity index (χ3v) is 4.51. The summed E-state index contributed by atoms with van der Waals surface area (Å²) >= 11 is 0. The summed E-state index contributed by atoms with van der Waals surface area (Å²) in [5.41, 5.74) is 3.95. The predicted molar refractivity (Wildman–Crippen MR) is 89.8 cm³/mol. The molecule has 0 radical (unpaired) electrons. The molecule has 8 heteroatoms. The van der Waals surface area contributed by atoms with E-state index in [1.807, 2.05) is 0 Å². The van der Waals surface area contributed by atoms with Gasteiger partial charge in [-0.15, -0.1) is 0 Å². The number of carbonyl (C=O) groups excluding carboxylic acids is 2. The molecule has 1 fully saturated rings. The lowest BCUT2D eigenvalue weighted by Gasteiger charge is -2.33. The molecule has 2 atom stereocenters. The number of piperidine rings is 1. The van der Waals surface area contributed by atoms with Gasteiger partial charge in [-0.05, 0) is 24.7 Å². The summed E-state index contributed by atoms with van der Waals surface area (Å²) in [5, 5.41) is 11.8. The molecule has 0 aromatic rings. The number of halogens is 1. The van der Waals surface area contributed by atoms with Crippen LogP contribution in [0.3, 0.4) is 0 Å². The highest BCUT2D eigenvalue weighted by atomic mass is 35.5. The highest BCUT2D eigenvalue weighted by molar-refractivity contribution is 5.85. The lowest BCUT2D eigenvalue weighted by Crippen LogP contribution is -3.00. The molecule has 1 aliphatic rings. The fourth-order valence-electron chi connectivity index (χ4n) is 3.07. The number of nitrogens with one attached hydrogen (secondary N) is 1. The Hall–Kier alpha value is -1.34. The molecule has 0 unspecified atom stereocenters. The maximum Gasteiger partial charge on any atom is 0.326 e. The molecule has 1 aliphatic heterocycles. The molecule has 0 aromatic carbocycles. The zero-order valence-corrected chi connectivity index (χ0v) is 16.4. The monoisotopic (exact) mass is 377 g/mol. The first-order valence-corrected chi connectivity index (χ1v) is 8.78. The first-order chi connectivity index (χ1) is 11.1. The molecule has 0 saturated carbocycles. The summed E-state index contributed by atoms with van der Waals surface area (Å²) in [6.07, 6.45) is 1.89. The Morgan fingerprint density at radius 2 is 1.68 bits per heavy atom. The van der Waals surface area contributed by atoms with Gasteiger partial charge in [0.2, 0.25) is 5.91 Å². The zero-order valence-electron chi connectivity index (χ0n) is 15.6. The van der Waals surface area contributed by atoms with Gasteiger partial charge in [0.05, 0.1) is 0 Å². The first-order valence-electron chi connectivity index (χ1n) is 8.78. The lowest BCUT2D eigenvalue weighted by molar-refractivity contribution is -0.408. The van der Waals surface area contributed by atoms with Crippen molar-refractivity contribution in [2.45, 2.75) is 59.0 Å². The van der Waals surface area contributed by atoms with Crippen molar-refractivity contribution in [3.63, 3.8) is 0 Å². The van der Waals surface area contributed by atoms with Crippen LogP contribution in [0.2, 0.25) is 0 Å². The van der Waals surface area contributed by atoms with Crippen LogP contribution in [0, 0.1) is 17.8 Å². The van der Waals surface area contributed by atoms with Crippen molar-refractivity contribution < 1.29 is 37.6 Å². The van der Waals surface area contributed by atoms with Crippen LogP contribution in [-0.2, 0) is 14.4 Å². The van der Waals surface area contributed by atoms with Crippen LogP contribution in [0.25, 0.3) is 0 Å². The molecular formula is C17H32ClN3O4. The minimum absolute atomic E-state index is 0. The molecule has 2 amide bonds. The largest absolute Gasteiger partial charge is 1.00 e. The third kappa shape index (κ3) is 7.20. The van der Waals surface area contributed by atoms with E-state index in [-0.39, 0.29) is 42.1 Å². The van der Waals surface area contributed by atoms with E-state index in [0.717, 1.165) is 6.42 Å². The van der Waals surface area contributed by atoms with Gasteiger partial charge in [0.1, 0.15) is 6.04 Å². The standard InChI is InChI=1S/C17H31N3O4.ClH/c1-10(2)9-13(18)16(22)20-7-5-12(6-8-20)15(21)19-14(11(3)4)17(23)24;/h10-14H,5-9,18H2,1-4H3,(H,19,21)(H,23,24);1H/t13-,14-;/m0./s1. The average molecular weight is 378 g/mol. The second kappa shape index (κ2) is 10.6. The normalized spacial score (nSPS) is 17.8. The van der Waals surface area contributed by atoms with E-state index in [0.29, 0.717) is 31.8 Å². The van der Waals surface area contributed by atoms with Crippen LogP contribution >= 0.6 is 0 Å². The van der Waals surface area contributed by atoms with E-state index in [2.05, 4.69) is 24.9 Å². The molecule has 0 spiro atoms. The van der Waals surface area contributed by atoms with E-state index in [1.165, 1.54) is 0 Å². The van der Waals surface area contributed by atoms with Crippen LogP contribution in [0.5, 0.6) is 0 Å². The number of carboxylic acids is 1. The maximum absolute atomic E-state index is 12.4. The van der Waals surface area contributed by atoms with Gasteiger partial charge in [0.25, 0.3) is 5.91 Å². The SMILES string of the molecule is CC(C)C[C@H]([NH3+])C(=O)N1CCC(C(=O)N[C@H](C(=O)O)C(C)C)CC1.[Cl-]. The molecular weight excluding hydrogens is 346 g/mol. The Bertz CT molecular complexity index is 463. The van der Waals surface area contributed by atoms with Crippen molar-refractivity contribution in [3.8, 4) is 0 Å². The van der Waals surface area contributed by atoms with Gasteiger partial charge < -0.3 is 33.5 Å². The van der Waals surface area contributed by atoms with Gasteiger partial charge >= 0.3 is 5.97 Å². The van der Waals surface area contributed by atoms with Gasteiger partial charge in [0, 0.05) is 25.4 Å². The second-order valence-electron chi connectivity index (χ2n) is 7.49. The Labute approximate surface area is 156 Å². The molecule has 1 rings (SSSR count). The van der Waals surface area contributed by atoms with Crippen LogP contribution < -0.4 is 23.5 Å². The summed E-state index contributed by atoms with van der Waals surface area (Å²) in [5.74, 6) is -1.17. The topological polar surface area (TPSA) is 114 Å². The lowest BCUT2D eigenvalue weighted by atomic mass is 9.93. The second-order valence-corrected chi connectivity index (χ2v) is 7.49. The number of carboxylic acid groups (broad SMARTS) is 1. The van der Waals surface area contributed by atoms with Crippen molar-refractivity contribution in [1.29, 1.82) is 0 Å². The average Bonchev–Trinajstić information content (AvgIpc) is 2.50. The van der Waals surface area contributed by atoms with Crippen molar-refractivity contribution in [1.82, 2.24) is 10.2 Å². The molecule has 5 N–H and O–H groups in total. The van der Waals surface area contributed by atoms with Crippen LogP contribution in [0.1, 0.15) is 47.0 Å². The number of nitrogens with zero attached hydrogens (tertiary/aromatic N) is 1. The van der Waals surface area contributed by atoms with Crippen LogP contribution in [0.4, 0.5) is 0 Å². The number of aliphatic carboxylic acids is 1. The fourth-order valence-corrected chi connectivity index (χ4v) is 3.07.